The van der Waals surface area contributed by atoms with Gasteiger partial charge < -0.3 is 15.6 Å². The fourth-order valence-electron chi connectivity index (χ4n) is 1.68. The van der Waals surface area contributed by atoms with Crippen LogP contribution in [0.2, 0.25) is 0 Å². The first-order valence-electron chi connectivity index (χ1n) is 5.71. The van der Waals surface area contributed by atoms with E-state index in [1.165, 1.54) is 18.3 Å². The van der Waals surface area contributed by atoms with Crippen molar-refractivity contribution in [2.24, 2.45) is 5.73 Å². The molecule has 1 aromatic heterocycles. The smallest absolute Gasteiger partial charge is 0.504 e. The number of alkyl halides is 3. The third-order valence-corrected chi connectivity index (χ3v) is 2.51. The molecular formula is C12H12F3N3O2. The Morgan fingerprint density at radius 1 is 1.30 bits per heavy atom. The summed E-state index contributed by atoms with van der Waals surface area (Å²) in [5.74, 6) is -1.23. The lowest BCUT2D eigenvalue weighted by Crippen LogP contribution is -2.17. The number of ether oxygens (including phenoxy) is 1. The Kier molecular flexibility index (Phi) is 3.84. The molecule has 5 nitrogen and oxygen atoms in total. The number of nitrogens with two attached hydrogens (primary N) is 1. The van der Waals surface area contributed by atoms with E-state index in [4.69, 9.17) is 5.73 Å². The molecule has 0 spiro atoms. The third kappa shape index (κ3) is 3.41. The number of phenolic OH excluding ortho intramolecular Hbond substituents is 1. The van der Waals surface area contributed by atoms with Crippen LogP contribution >= 0.6 is 0 Å². The molecule has 0 atom stereocenters. The Balaban J connectivity index is 2.23. The molecule has 0 bridgehead atoms. The van der Waals surface area contributed by atoms with E-state index >= 15 is 0 Å². The van der Waals surface area contributed by atoms with Crippen LogP contribution in [0, 0.1) is 0 Å². The molecule has 0 unspecified atom stereocenters. The quantitative estimate of drug-likeness (QED) is 0.903. The second-order valence-corrected chi connectivity index (χ2v) is 4.01. The monoisotopic (exact) mass is 287 g/mol. The first-order valence-corrected chi connectivity index (χ1v) is 5.71. The van der Waals surface area contributed by atoms with Crippen molar-refractivity contribution >= 4 is 0 Å². The summed E-state index contributed by atoms with van der Waals surface area (Å²) in [5.41, 5.74) is 6.57. The number of rotatable bonds is 4. The lowest BCUT2D eigenvalue weighted by molar-refractivity contribution is -0.275. The minimum Gasteiger partial charge on any atom is -0.504 e. The summed E-state index contributed by atoms with van der Waals surface area (Å²) >= 11 is 0. The number of phenols is 1. The highest BCUT2D eigenvalue weighted by Gasteiger charge is 2.32. The van der Waals surface area contributed by atoms with Gasteiger partial charge in [0.1, 0.15) is 0 Å². The average molecular weight is 287 g/mol. The highest BCUT2D eigenvalue weighted by molar-refractivity contribution is 5.65. The normalized spacial score (nSPS) is 11.6. The maximum atomic E-state index is 12.1. The predicted octanol–water partition coefficient (Wildman–Crippen LogP) is 2.11. The highest BCUT2D eigenvalue weighted by Crippen LogP contribution is 2.34. The largest absolute Gasteiger partial charge is 0.573 e. The molecule has 1 heterocycles. The van der Waals surface area contributed by atoms with Crippen LogP contribution in [0.15, 0.2) is 30.6 Å². The first kappa shape index (κ1) is 14.2. The molecule has 0 amide bonds. The van der Waals surface area contributed by atoms with Crippen molar-refractivity contribution in [3.05, 3.63) is 30.6 Å². The second kappa shape index (κ2) is 5.41. The van der Waals surface area contributed by atoms with Crippen molar-refractivity contribution in [1.82, 2.24) is 9.78 Å². The van der Waals surface area contributed by atoms with Gasteiger partial charge in [-0.1, -0.05) is 6.07 Å². The zero-order valence-corrected chi connectivity index (χ0v) is 10.3. The van der Waals surface area contributed by atoms with Crippen molar-refractivity contribution in [2.45, 2.75) is 12.9 Å². The van der Waals surface area contributed by atoms with Gasteiger partial charge in [-0.25, -0.2) is 0 Å². The van der Waals surface area contributed by atoms with Gasteiger partial charge in [0.05, 0.1) is 12.7 Å². The topological polar surface area (TPSA) is 73.3 Å². The second-order valence-electron chi connectivity index (χ2n) is 4.01. The van der Waals surface area contributed by atoms with Crippen molar-refractivity contribution in [1.29, 1.82) is 0 Å². The minimum atomic E-state index is -4.84. The third-order valence-electron chi connectivity index (χ3n) is 2.51. The molecule has 3 N–H and O–H groups in total. The van der Waals surface area contributed by atoms with E-state index in [0.29, 0.717) is 24.2 Å². The summed E-state index contributed by atoms with van der Waals surface area (Å²) in [5, 5.41) is 13.6. The van der Waals surface area contributed by atoms with Gasteiger partial charge in [0.2, 0.25) is 0 Å². The lowest BCUT2D eigenvalue weighted by atomic mass is 10.1. The Hall–Kier alpha value is -2.22. The van der Waals surface area contributed by atoms with E-state index in [1.807, 2.05) is 0 Å². The molecular weight excluding hydrogens is 275 g/mol. The molecule has 0 aliphatic rings. The highest BCUT2D eigenvalue weighted by atomic mass is 19.4. The van der Waals surface area contributed by atoms with E-state index < -0.39 is 17.9 Å². The molecule has 1 aromatic carbocycles. The zero-order valence-electron chi connectivity index (χ0n) is 10.3. The van der Waals surface area contributed by atoms with Crippen LogP contribution in [-0.2, 0) is 6.54 Å². The van der Waals surface area contributed by atoms with Gasteiger partial charge in [0, 0.05) is 18.3 Å². The van der Waals surface area contributed by atoms with Crippen LogP contribution < -0.4 is 10.5 Å². The van der Waals surface area contributed by atoms with Gasteiger partial charge in [-0.15, -0.1) is 13.2 Å². The van der Waals surface area contributed by atoms with Gasteiger partial charge in [-0.3, -0.25) is 4.68 Å². The number of hydrogen-bond acceptors (Lipinski definition) is 4. The van der Waals surface area contributed by atoms with Crippen LogP contribution in [0.3, 0.4) is 0 Å². The van der Waals surface area contributed by atoms with Gasteiger partial charge >= 0.3 is 6.36 Å². The Morgan fingerprint density at radius 2 is 2.05 bits per heavy atom. The maximum Gasteiger partial charge on any atom is 0.573 e. The lowest BCUT2D eigenvalue weighted by Gasteiger charge is -2.10. The van der Waals surface area contributed by atoms with Crippen LogP contribution in [0.5, 0.6) is 11.5 Å². The number of halogens is 3. The standard InChI is InChI=1S/C12H12F3N3O2/c13-12(14,15)20-11-2-1-8(5-10(11)19)9-6-17-18(7-9)4-3-16/h1-2,5-7,19H,3-4,16H2. The van der Waals surface area contributed by atoms with Crippen molar-refractivity contribution in [3.63, 3.8) is 0 Å². The summed E-state index contributed by atoms with van der Waals surface area (Å²) in [7, 11) is 0. The number of aromatic hydroxyl groups is 1. The van der Waals surface area contributed by atoms with Gasteiger partial charge in [-0.2, -0.15) is 5.10 Å². The average Bonchev–Trinajstić information content (AvgIpc) is 2.79. The summed E-state index contributed by atoms with van der Waals surface area (Å²) in [6.07, 6.45) is -1.62. The van der Waals surface area contributed by atoms with E-state index in [1.54, 1.807) is 10.9 Å². The zero-order chi connectivity index (χ0) is 14.8. The maximum absolute atomic E-state index is 12.1. The number of nitrogens with zero attached hydrogens (tertiary/aromatic N) is 2. The van der Waals surface area contributed by atoms with Crippen LogP contribution in [0.4, 0.5) is 13.2 Å². The van der Waals surface area contributed by atoms with Crippen molar-refractivity contribution < 1.29 is 23.0 Å². The molecule has 0 aliphatic carbocycles. The Labute approximate surface area is 112 Å². The molecule has 0 radical (unpaired) electrons. The first-order chi connectivity index (χ1) is 9.39. The van der Waals surface area contributed by atoms with E-state index in [0.717, 1.165) is 6.07 Å². The van der Waals surface area contributed by atoms with Crippen LogP contribution in [-0.4, -0.2) is 27.8 Å². The van der Waals surface area contributed by atoms with Crippen LogP contribution in [0.25, 0.3) is 11.1 Å². The van der Waals surface area contributed by atoms with E-state index in [9.17, 15) is 18.3 Å². The van der Waals surface area contributed by atoms with E-state index in [2.05, 4.69) is 9.84 Å². The summed E-state index contributed by atoms with van der Waals surface area (Å²) in [6.45, 7) is 0.950. The van der Waals surface area contributed by atoms with Gasteiger partial charge in [0.15, 0.2) is 11.5 Å². The molecule has 2 aromatic rings. The molecule has 0 saturated carbocycles. The fraction of sp³-hybridized carbons (Fsp3) is 0.250. The molecule has 0 fully saturated rings. The Bertz CT molecular complexity index is 596. The molecule has 2 rings (SSSR count). The SMILES string of the molecule is NCCn1cc(-c2ccc(OC(F)(F)F)c(O)c2)cn1. The predicted molar refractivity (Wildman–Crippen MR) is 65.1 cm³/mol. The number of aromatic nitrogens is 2. The molecule has 0 aliphatic heterocycles. The van der Waals surface area contributed by atoms with Crippen LogP contribution in [0.1, 0.15) is 0 Å². The minimum absolute atomic E-state index is 0.421. The molecule has 20 heavy (non-hydrogen) atoms. The fourth-order valence-corrected chi connectivity index (χ4v) is 1.68. The van der Waals surface area contributed by atoms with E-state index in [-0.39, 0.29) is 0 Å². The van der Waals surface area contributed by atoms with Gasteiger partial charge in [-0.05, 0) is 17.7 Å². The molecule has 0 saturated heterocycles. The number of hydrogen-bond donors (Lipinski definition) is 2. The summed E-state index contributed by atoms with van der Waals surface area (Å²) in [4.78, 5) is 0. The van der Waals surface area contributed by atoms with Crippen molar-refractivity contribution in [2.75, 3.05) is 6.54 Å². The van der Waals surface area contributed by atoms with Gasteiger partial charge in [0.25, 0.3) is 0 Å². The number of benzene rings is 1. The molecule has 8 heteroatoms. The summed E-state index contributed by atoms with van der Waals surface area (Å²) in [6, 6.07) is 3.65. The molecule has 108 valence electrons. The Morgan fingerprint density at radius 3 is 2.65 bits per heavy atom. The summed E-state index contributed by atoms with van der Waals surface area (Å²) < 4.78 is 41.5. The van der Waals surface area contributed by atoms with Crippen molar-refractivity contribution in [3.8, 4) is 22.6 Å².